The molecule has 0 aromatic heterocycles. The highest BCUT2D eigenvalue weighted by atomic mass is 32.2. The van der Waals surface area contributed by atoms with Crippen LogP contribution < -0.4 is 5.32 Å². The Morgan fingerprint density at radius 3 is 2.31 bits per heavy atom. The molecule has 2 aromatic carbocycles. The summed E-state index contributed by atoms with van der Waals surface area (Å²) in [5.41, 5.74) is 2.12. The van der Waals surface area contributed by atoms with Crippen LogP contribution in [0.1, 0.15) is 60.9 Å². The second-order valence-electron chi connectivity index (χ2n) is 9.84. The zero-order chi connectivity index (χ0) is 25.4. The van der Waals surface area contributed by atoms with Crippen molar-refractivity contribution in [3.8, 4) is 0 Å². The van der Waals surface area contributed by atoms with Crippen LogP contribution in [0.15, 0.2) is 54.6 Å². The van der Waals surface area contributed by atoms with Gasteiger partial charge in [0.1, 0.15) is 0 Å². The normalized spacial score (nSPS) is 19.4. The molecular weight excluding hydrogens is 474 g/mol. The zero-order valence-corrected chi connectivity index (χ0v) is 21.7. The summed E-state index contributed by atoms with van der Waals surface area (Å²) in [4.78, 5) is 28.3. The van der Waals surface area contributed by atoms with Crippen LogP contribution in [-0.4, -0.2) is 61.4 Å². The number of carbonyl (C=O) groups excluding carboxylic acids is 2. The second-order valence-corrected chi connectivity index (χ2v) is 11.9. The van der Waals surface area contributed by atoms with E-state index in [1.165, 1.54) is 4.31 Å². The molecule has 2 aliphatic rings. The van der Waals surface area contributed by atoms with Gasteiger partial charge in [-0.05, 0) is 56.2 Å². The molecule has 0 aliphatic carbocycles. The first-order valence-corrected chi connectivity index (χ1v) is 14.8. The Kier molecular flexibility index (Phi) is 9.15. The summed E-state index contributed by atoms with van der Waals surface area (Å²) in [6, 6.07) is 17.0. The second kappa shape index (κ2) is 12.5. The number of nitrogens with one attached hydrogen (secondary N) is 1. The van der Waals surface area contributed by atoms with Gasteiger partial charge >= 0.3 is 0 Å². The van der Waals surface area contributed by atoms with E-state index in [1.54, 1.807) is 18.2 Å². The van der Waals surface area contributed by atoms with Crippen molar-refractivity contribution in [3.05, 3.63) is 65.7 Å². The molecular formula is C28H37N3O4S. The Hall–Kier alpha value is -2.71. The van der Waals surface area contributed by atoms with E-state index in [1.807, 2.05) is 41.3 Å². The number of para-hydroxylation sites is 1. The van der Waals surface area contributed by atoms with Crippen molar-refractivity contribution in [3.63, 3.8) is 0 Å². The number of nitrogens with zero attached hydrogens (tertiary/aromatic N) is 2. The molecule has 0 radical (unpaired) electrons. The van der Waals surface area contributed by atoms with Gasteiger partial charge in [0.2, 0.25) is 15.9 Å². The lowest BCUT2D eigenvalue weighted by atomic mass is 9.98. The summed E-state index contributed by atoms with van der Waals surface area (Å²) in [6.07, 6.45) is 6.79. The maximum absolute atomic E-state index is 13.2. The molecule has 7 nitrogen and oxygen atoms in total. The summed E-state index contributed by atoms with van der Waals surface area (Å²) in [5.74, 6) is -0.651. The standard InChI is InChI=1S/C28H37N3O4S/c32-27(29-26-17-7-6-16-25(26)28(33)30-18-8-1-2-9-19-30)24-15-10-20-31(22-24)36(34,35)21-11-14-23-12-4-3-5-13-23/h3-7,12-13,16-17,24H,1-2,8-11,14-15,18-22H2,(H,29,32). The van der Waals surface area contributed by atoms with Crippen molar-refractivity contribution in [1.82, 2.24) is 9.21 Å². The smallest absolute Gasteiger partial charge is 0.255 e. The first-order chi connectivity index (χ1) is 17.4. The van der Waals surface area contributed by atoms with E-state index >= 15 is 0 Å². The summed E-state index contributed by atoms with van der Waals surface area (Å²) in [7, 11) is -3.44. The van der Waals surface area contributed by atoms with Crippen LogP contribution in [0.3, 0.4) is 0 Å². The number of sulfonamides is 1. The molecule has 2 aromatic rings. The number of piperidine rings is 1. The number of hydrogen-bond acceptors (Lipinski definition) is 4. The number of hydrogen-bond donors (Lipinski definition) is 1. The van der Waals surface area contributed by atoms with Gasteiger partial charge in [0.25, 0.3) is 5.91 Å². The molecule has 4 rings (SSSR count). The van der Waals surface area contributed by atoms with Gasteiger partial charge in [-0.1, -0.05) is 55.3 Å². The summed E-state index contributed by atoms with van der Waals surface area (Å²) >= 11 is 0. The average Bonchev–Trinajstić information content (AvgIpc) is 3.19. The van der Waals surface area contributed by atoms with Crippen molar-refractivity contribution in [2.75, 3.05) is 37.2 Å². The third kappa shape index (κ3) is 6.95. The minimum atomic E-state index is -3.44. The highest BCUT2D eigenvalue weighted by Crippen LogP contribution is 2.24. The number of rotatable bonds is 8. The molecule has 8 heteroatoms. The van der Waals surface area contributed by atoms with E-state index in [-0.39, 0.29) is 24.1 Å². The maximum atomic E-state index is 13.2. The number of amides is 2. The number of aryl methyl sites for hydroxylation is 1. The molecule has 0 bridgehead atoms. The van der Waals surface area contributed by atoms with Crippen molar-refractivity contribution >= 4 is 27.5 Å². The minimum Gasteiger partial charge on any atom is -0.339 e. The minimum absolute atomic E-state index is 0.0564. The van der Waals surface area contributed by atoms with Crippen LogP contribution in [0, 0.1) is 5.92 Å². The molecule has 0 spiro atoms. The number of carbonyl (C=O) groups is 2. The van der Waals surface area contributed by atoms with Crippen LogP contribution in [0.2, 0.25) is 0 Å². The predicted molar refractivity (Wildman–Crippen MR) is 142 cm³/mol. The summed E-state index contributed by atoms with van der Waals surface area (Å²) in [6.45, 7) is 2.10. The molecule has 1 atom stereocenters. The predicted octanol–water partition coefficient (Wildman–Crippen LogP) is 4.32. The van der Waals surface area contributed by atoms with Gasteiger partial charge in [0, 0.05) is 26.2 Å². The molecule has 194 valence electrons. The first-order valence-electron chi connectivity index (χ1n) is 13.1. The lowest BCUT2D eigenvalue weighted by molar-refractivity contribution is -0.120. The van der Waals surface area contributed by atoms with Gasteiger partial charge in [-0.15, -0.1) is 0 Å². The molecule has 36 heavy (non-hydrogen) atoms. The van der Waals surface area contributed by atoms with Crippen LogP contribution >= 0.6 is 0 Å². The quantitative estimate of drug-likeness (QED) is 0.572. The highest BCUT2D eigenvalue weighted by Gasteiger charge is 2.32. The van der Waals surface area contributed by atoms with Crippen molar-refractivity contribution in [1.29, 1.82) is 0 Å². The number of likely N-dealkylation sites (tertiary alicyclic amines) is 1. The largest absolute Gasteiger partial charge is 0.339 e. The fraction of sp³-hybridized carbons (Fsp3) is 0.500. The number of anilines is 1. The van der Waals surface area contributed by atoms with Crippen molar-refractivity contribution < 1.29 is 18.0 Å². The monoisotopic (exact) mass is 511 g/mol. The number of benzene rings is 2. The highest BCUT2D eigenvalue weighted by molar-refractivity contribution is 7.89. The van der Waals surface area contributed by atoms with Gasteiger partial charge in [-0.3, -0.25) is 9.59 Å². The molecule has 1 N–H and O–H groups in total. The van der Waals surface area contributed by atoms with Crippen molar-refractivity contribution in [2.45, 2.75) is 51.4 Å². The van der Waals surface area contributed by atoms with E-state index in [0.717, 1.165) is 44.3 Å². The molecule has 2 fully saturated rings. The van der Waals surface area contributed by atoms with Crippen LogP contribution in [0.25, 0.3) is 0 Å². The van der Waals surface area contributed by atoms with Crippen LogP contribution in [0.4, 0.5) is 5.69 Å². The van der Waals surface area contributed by atoms with Gasteiger partial charge in [0.05, 0.1) is 22.9 Å². The summed E-state index contributed by atoms with van der Waals surface area (Å²) < 4.78 is 27.5. The van der Waals surface area contributed by atoms with Gasteiger partial charge in [-0.25, -0.2) is 12.7 Å². The van der Waals surface area contributed by atoms with E-state index in [9.17, 15) is 18.0 Å². The van der Waals surface area contributed by atoms with Gasteiger partial charge in [-0.2, -0.15) is 0 Å². The van der Waals surface area contributed by atoms with Crippen molar-refractivity contribution in [2.24, 2.45) is 5.92 Å². The Morgan fingerprint density at radius 2 is 1.56 bits per heavy atom. The Bertz CT molecular complexity index is 1130. The Morgan fingerprint density at radius 1 is 0.861 bits per heavy atom. The molecule has 2 aliphatic heterocycles. The Balaban J connectivity index is 1.36. The fourth-order valence-electron chi connectivity index (χ4n) is 5.10. The van der Waals surface area contributed by atoms with E-state index in [4.69, 9.17) is 0 Å². The van der Waals surface area contributed by atoms with E-state index in [2.05, 4.69) is 5.32 Å². The molecule has 2 amide bonds. The topological polar surface area (TPSA) is 86.8 Å². The summed E-state index contributed by atoms with van der Waals surface area (Å²) in [5, 5.41) is 2.94. The van der Waals surface area contributed by atoms with E-state index in [0.29, 0.717) is 43.5 Å². The fourth-order valence-corrected chi connectivity index (χ4v) is 6.68. The van der Waals surface area contributed by atoms with Crippen LogP contribution in [0.5, 0.6) is 0 Å². The first kappa shape index (κ1) is 26.4. The molecule has 0 saturated carbocycles. The third-order valence-corrected chi connectivity index (χ3v) is 9.09. The maximum Gasteiger partial charge on any atom is 0.255 e. The van der Waals surface area contributed by atoms with Crippen LogP contribution in [-0.2, 0) is 21.2 Å². The third-order valence-electron chi connectivity index (χ3n) is 7.17. The molecule has 1 unspecified atom stereocenters. The lowest BCUT2D eigenvalue weighted by Gasteiger charge is -2.31. The van der Waals surface area contributed by atoms with Gasteiger partial charge in [0.15, 0.2) is 0 Å². The zero-order valence-electron chi connectivity index (χ0n) is 20.9. The van der Waals surface area contributed by atoms with E-state index < -0.39 is 15.9 Å². The van der Waals surface area contributed by atoms with Gasteiger partial charge < -0.3 is 10.2 Å². The molecule has 2 saturated heterocycles. The molecule has 2 heterocycles. The Labute approximate surface area is 214 Å². The average molecular weight is 512 g/mol. The lowest BCUT2D eigenvalue weighted by Crippen LogP contribution is -2.44. The SMILES string of the molecule is O=C(Nc1ccccc1C(=O)N1CCCCCC1)C1CCCN(S(=O)(=O)CCCc2ccccc2)C1.